The largest absolute Gasteiger partial charge is 0.291 e. The van der Waals surface area contributed by atoms with E-state index in [-0.39, 0.29) is 11.3 Å². The number of carbonyl (C=O) groups excluding carboxylic acids is 1. The molecule has 8 heavy (non-hydrogen) atoms. The minimum absolute atomic E-state index is 0.137. The summed E-state index contributed by atoms with van der Waals surface area (Å²) < 4.78 is 0. The summed E-state index contributed by atoms with van der Waals surface area (Å²) in [5.41, 5.74) is 0. The number of hydrogen-bond donors (Lipinski definition) is 0. The summed E-state index contributed by atoms with van der Waals surface area (Å²) in [7, 11) is 0. The van der Waals surface area contributed by atoms with Gasteiger partial charge in [0.1, 0.15) is 0 Å². The molecule has 1 nitrogen and oxygen atoms in total. The van der Waals surface area contributed by atoms with Gasteiger partial charge in [0.25, 0.3) is 0 Å². The first-order valence-corrected chi connectivity index (χ1v) is 3.28. The molecule has 1 aliphatic carbocycles. The van der Waals surface area contributed by atoms with Gasteiger partial charge in [0.15, 0.2) is 0 Å². The van der Waals surface area contributed by atoms with E-state index in [2.05, 4.69) is 0 Å². The molecule has 2 unspecified atom stereocenters. The van der Waals surface area contributed by atoms with Crippen LogP contribution in [-0.4, -0.2) is 11.7 Å². The molecule has 1 saturated carbocycles. The lowest BCUT2D eigenvalue weighted by atomic mass is 10.1. The molecule has 45 valence electrons. The maximum absolute atomic E-state index is 9.97. The maximum Gasteiger partial charge on any atom is 0.201 e. The van der Waals surface area contributed by atoms with Crippen molar-refractivity contribution in [3.05, 3.63) is 0 Å². The average molecular weight is 132 g/mol. The fourth-order valence-electron chi connectivity index (χ4n) is 1.03. The van der Waals surface area contributed by atoms with E-state index >= 15 is 0 Å². The first-order valence-electron chi connectivity index (χ1n) is 2.84. The zero-order valence-corrected chi connectivity index (χ0v) is 5.32. The molecule has 0 aromatic rings. The topological polar surface area (TPSA) is 17.1 Å². The van der Waals surface area contributed by atoms with Gasteiger partial charge in [0, 0.05) is 11.3 Å². The van der Waals surface area contributed by atoms with E-state index in [0.717, 1.165) is 19.3 Å². The van der Waals surface area contributed by atoms with Crippen LogP contribution in [0.1, 0.15) is 19.3 Å². The van der Waals surface area contributed by atoms with Gasteiger partial charge in [-0.3, -0.25) is 4.79 Å². The van der Waals surface area contributed by atoms with Crippen LogP contribution >= 0.6 is 11.6 Å². The lowest BCUT2D eigenvalue weighted by molar-refractivity contribution is 0.523. The van der Waals surface area contributed by atoms with Crippen LogP contribution in [0.5, 0.6) is 0 Å². The Labute approximate surface area is 54.0 Å². The van der Waals surface area contributed by atoms with Crippen LogP contribution < -0.4 is 0 Å². The van der Waals surface area contributed by atoms with Gasteiger partial charge in [-0.1, -0.05) is 0 Å². The molecule has 0 N–H and O–H groups in total. The van der Waals surface area contributed by atoms with Crippen LogP contribution in [-0.2, 0) is 4.79 Å². The van der Waals surface area contributed by atoms with Gasteiger partial charge in [0.2, 0.25) is 6.29 Å². The maximum atomic E-state index is 9.97. The van der Waals surface area contributed by atoms with Crippen molar-refractivity contribution in [1.82, 2.24) is 0 Å². The fourth-order valence-corrected chi connectivity index (χ4v) is 1.37. The summed E-state index contributed by atoms with van der Waals surface area (Å²) in [6.45, 7) is 0. The van der Waals surface area contributed by atoms with E-state index in [0.29, 0.717) is 0 Å². The van der Waals surface area contributed by atoms with Crippen molar-refractivity contribution in [2.45, 2.75) is 24.6 Å². The molecule has 0 heterocycles. The van der Waals surface area contributed by atoms with E-state index in [1.807, 2.05) is 6.29 Å². The molecule has 1 radical (unpaired) electrons. The van der Waals surface area contributed by atoms with Gasteiger partial charge in [-0.15, -0.1) is 11.6 Å². The van der Waals surface area contributed by atoms with Gasteiger partial charge in [-0.2, -0.15) is 0 Å². The zero-order chi connectivity index (χ0) is 5.98. The highest BCUT2D eigenvalue weighted by molar-refractivity contribution is 6.20. The molecule has 1 aliphatic rings. The Kier molecular flexibility index (Phi) is 1.90. The lowest BCUT2D eigenvalue weighted by Gasteiger charge is -1.92. The highest BCUT2D eigenvalue weighted by Crippen LogP contribution is 2.27. The normalized spacial score (nSPS) is 37.6. The monoisotopic (exact) mass is 131 g/mol. The van der Waals surface area contributed by atoms with Crippen molar-refractivity contribution in [2.75, 3.05) is 0 Å². The summed E-state index contributed by atoms with van der Waals surface area (Å²) in [4.78, 5) is 9.97. The first kappa shape index (κ1) is 6.09. The highest BCUT2D eigenvalue weighted by atomic mass is 35.5. The predicted octanol–water partition coefficient (Wildman–Crippen LogP) is 1.50. The molecule has 0 amide bonds. The Morgan fingerprint density at radius 2 is 2.25 bits per heavy atom. The van der Waals surface area contributed by atoms with Crippen LogP contribution in [0.15, 0.2) is 0 Å². The Morgan fingerprint density at radius 3 is 2.50 bits per heavy atom. The molecule has 2 atom stereocenters. The summed E-state index contributed by atoms with van der Waals surface area (Å²) in [5, 5.41) is 0.237. The molecule has 0 aliphatic heterocycles. The van der Waals surface area contributed by atoms with Crippen molar-refractivity contribution < 1.29 is 4.79 Å². The Balaban J connectivity index is 2.32. The van der Waals surface area contributed by atoms with Crippen LogP contribution in [0.2, 0.25) is 0 Å². The molecule has 1 fully saturated rings. The molecular formula is C6H8ClO. The number of alkyl halides is 1. The lowest BCUT2D eigenvalue weighted by Crippen LogP contribution is -1.94. The Bertz CT molecular complexity index is 92.5. The molecule has 1 rings (SSSR count). The second-order valence-corrected chi connectivity index (χ2v) is 2.84. The Hall–Kier alpha value is -0.0400. The minimum Gasteiger partial charge on any atom is -0.291 e. The van der Waals surface area contributed by atoms with Crippen molar-refractivity contribution >= 4 is 17.9 Å². The number of rotatable bonds is 1. The van der Waals surface area contributed by atoms with Crippen LogP contribution in [0.3, 0.4) is 0 Å². The third kappa shape index (κ3) is 1.22. The van der Waals surface area contributed by atoms with Crippen LogP contribution in [0.25, 0.3) is 0 Å². The quantitative estimate of drug-likeness (QED) is 0.493. The molecule has 0 aromatic heterocycles. The van der Waals surface area contributed by atoms with Crippen molar-refractivity contribution in [3.8, 4) is 0 Å². The van der Waals surface area contributed by atoms with Crippen molar-refractivity contribution in [3.63, 3.8) is 0 Å². The van der Waals surface area contributed by atoms with E-state index < -0.39 is 0 Å². The Morgan fingerprint density at radius 1 is 1.50 bits per heavy atom. The molecule has 2 heteroatoms. The molecule has 0 aromatic carbocycles. The van der Waals surface area contributed by atoms with Gasteiger partial charge in [-0.25, -0.2) is 0 Å². The van der Waals surface area contributed by atoms with Gasteiger partial charge in [-0.05, 0) is 19.3 Å². The summed E-state index contributed by atoms with van der Waals surface area (Å²) in [6, 6.07) is 0. The third-order valence-electron chi connectivity index (χ3n) is 1.54. The number of hydrogen-bond acceptors (Lipinski definition) is 1. The van der Waals surface area contributed by atoms with Crippen molar-refractivity contribution in [1.29, 1.82) is 0 Å². The highest BCUT2D eigenvalue weighted by Gasteiger charge is 2.22. The van der Waals surface area contributed by atoms with Crippen LogP contribution in [0.4, 0.5) is 0 Å². The van der Waals surface area contributed by atoms with E-state index in [1.54, 1.807) is 0 Å². The third-order valence-corrected chi connectivity index (χ3v) is 1.93. The molecule has 0 spiro atoms. The molecule has 0 saturated heterocycles. The average Bonchev–Trinajstić information content (AvgIpc) is 2.14. The van der Waals surface area contributed by atoms with Gasteiger partial charge >= 0.3 is 0 Å². The first-order chi connectivity index (χ1) is 3.83. The SMILES string of the molecule is O=[C]C1CCC(Cl)C1. The second kappa shape index (κ2) is 2.49. The fraction of sp³-hybridized carbons (Fsp3) is 0.833. The molecular weight excluding hydrogens is 124 g/mol. The zero-order valence-electron chi connectivity index (χ0n) is 4.56. The van der Waals surface area contributed by atoms with Crippen LogP contribution in [0, 0.1) is 5.92 Å². The van der Waals surface area contributed by atoms with E-state index in [1.165, 1.54) is 0 Å². The standard InChI is InChI=1S/C6H8ClO/c7-6-2-1-5(3-6)4-8/h5-6H,1-3H2. The minimum atomic E-state index is 0.137. The van der Waals surface area contributed by atoms with Gasteiger partial charge in [0.05, 0.1) is 0 Å². The predicted molar refractivity (Wildman–Crippen MR) is 32.7 cm³/mol. The van der Waals surface area contributed by atoms with Gasteiger partial charge < -0.3 is 0 Å². The number of halogens is 1. The second-order valence-electron chi connectivity index (χ2n) is 2.23. The molecule has 0 bridgehead atoms. The summed E-state index contributed by atoms with van der Waals surface area (Å²) >= 11 is 5.71. The smallest absolute Gasteiger partial charge is 0.201 e. The van der Waals surface area contributed by atoms with E-state index in [4.69, 9.17) is 11.6 Å². The summed E-state index contributed by atoms with van der Waals surface area (Å²) in [6.07, 6.45) is 4.73. The van der Waals surface area contributed by atoms with Crippen molar-refractivity contribution in [2.24, 2.45) is 5.92 Å². The van der Waals surface area contributed by atoms with E-state index in [9.17, 15) is 4.79 Å². The summed E-state index contributed by atoms with van der Waals surface area (Å²) in [5.74, 6) is 0.137.